The predicted octanol–water partition coefficient (Wildman–Crippen LogP) is 3.57. The molecule has 2 aromatic carbocycles. The summed E-state index contributed by atoms with van der Waals surface area (Å²) >= 11 is 0. The van der Waals surface area contributed by atoms with Crippen LogP contribution in [0.25, 0.3) is 0 Å². The third kappa shape index (κ3) is 3.17. The fraction of sp³-hybridized carbons (Fsp3) is 0.368. The molecule has 2 aromatic rings. The van der Waals surface area contributed by atoms with Gasteiger partial charge in [-0.15, -0.1) is 0 Å². The fourth-order valence-corrected chi connectivity index (χ4v) is 3.66. The van der Waals surface area contributed by atoms with Gasteiger partial charge in [-0.1, -0.05) is 0 Å². The summed E-state index contributed by atoms with van der Waals surface area (Å²) in [5, 5.41) is 20.8. The number of rotatable bonds is 4. The van der Waals surface area contributed by atoms with Gasteiger partial charge in [0.25, 0.3) is 5.69 Å². The van der Waals surface area contributed by atoms with E-state index in [-0.39, 0.29) is 22.4 Å². The Kier molecular flexibility index (Phi) is 4.39. The molecule has 1 N–H and O–H groups in total. The minimum Gasteiger partial charge on any atom is -0.504 e. The minimum absolute atomic E-state index is 0.114. The first kappa shape index (κ1) is 17.2. The van der Waals surface area contributed by atoms with Crippen LogP contribution in [-0.2, 0) is 13.0 Å². The van der Waals surface area contributed by atoms with E-state index in [9.17, 15) is 15.2 Å². The zero-order chi connectivity index (χ0) is 18.2. The first-order valence-corrected chi connectivity index (χ1v) is 8.31. The van der Waals surface area contributed by atoms with Crippen molar-refractivity contribution in [3.8, 4) is 11.5 Å². The van der Waals surface area contributed by atoms with Crippen molar-refractivity contribution in [3.63, 3.8) is 0 Å². The molecule has 0 spiro atoms. The standard InChI is InChI=1S/C19H22N2O4/c1-13-17-11-19(25-3)18(22)10-15(17)8-9-21(13,2)12-14-4-6-16(7-5-14)20(23)24/h4-7,10-11,13H,8-9,12H2,1-3H3/p+1/t13-,21+/m0/s1. The molecule has 6 heteroatoms. The van der Waals surface area contributed by atoms with E-state index in [2.05, 4.69) is 14.0 Å². The lowest BCUT2D eigenvalue weighted by atomic mass is 9.90. The van der Waals surface area contributed by atoms with Crippen LogP contribution in [0.4, 0.5) is 5.69 Å². The van der Waals surface area contributed by atoms with E-state index in [4.69, 9.17) is 4.74 Å². The summed E-state index contributed by atoms with van der Waals surface area (Å²) in [5.41, 5.74) is 3.54. The third-order valence-corrected chi connectivity index (χ3v) is 5.41. The third-order valence-electron chi connectivity index (χ3n) is 5.41. The van der Waals surface area contributed by atoms with Crippen LogP contribution in [0.2, 0.25) is 0 Å². The van der Waals surface area contributed by atoms with Gasteiger partial charge in [0, 0.05) is 29.7 Å². The van der Waals surface area contributed by atoms with Crippen molar-refractivity contribution in [3.05, 3.63) is 63.2 Å². The Morgan fingerprint density at radius 3 is 2.60 bits per heavy atom. The van der Waals surface area contributed by atoms with Gasteiger partial charge in [-0.25, -0.2) is 0 Å². The molecule has 2 atom stereocenters. The van der Waals surface area contributed by atoms with Gasteiger partial charge in [0.05, 0.1) is 25.6 Å². The van der Waals surface area contributed by atoms with Crippen molar-refractivity contribution in [2.75, 3.05) is 20.7 Å². The first-order valence-electron chi connectivity index (χ1n) is 8.31. The number of nitro benzene ring substituents is 1. The van der Waals surface area contributed by atoms with E-state index in [1.54, 1.807) is 25.3 Å². The quantitative estimate of drug-likeness (QED) is 0.523. The number of phenols is 1. The molecule has 25 heavy (non-hydrogen) atoms. The predicted molar refractivity (Wildman–Crippen MR) is 94.6 cm³/mol. The summed E-state index contributed by atoms with van der Waals surface area (Å²) < 4.78 is 6.06. The first-order chi connectivity index (χ1) is 11.8. The van der Waals surface area contributed by atoms with E-state index in [0.717, 1.165) is 35.1 Å². The second-order valence-electron chi connectivity index (χ2n) is 6.93. The molecule has 0 aromatic heterocycles. The SMILES string of the molecule is COc1cc2c(cc1O)CC[N@+](C)(Cc1ccc([N+](=O)[O-])cc1)[C@H]2C. The van der Waals surface area contributed by atoms with E-state index in [1.807, 2.05) is 18.2 Å². The van der Waals surface area contributed by atoms with E-state index >= 15 is 0 Å². The number of fused-ring (bicyclic) bond motifs is 1. The van der Waals surface area contributed by atoms with Gasteiger partial charge in [0.1, 0.15) is 12.6 Å². The van der Waals surface area contributed by atoms with E-state index in [0.29, 0.717) is 5.75 Å². The summed E-state index contributed by atoms with van der Waals surface area (Å²) in [7, 11) is 3.76. The monoisotopic (exact) mass is 343 g/mol. The number of methoxy groups -OCH3 is 1. The maximum atomic E-state index is 10.8. The second kappa shape index (κ2) is 6.37. The molecule has 1 aliphatic heterocycles. The number of non-ortho nitro benzene ring substituents is 1. The second-order valence-corrected chi connectivity index (χ2v) is 6.93. The number of nitrogens with zero attached hydrogens (tertiary/aromatic N) is 2. The Labute approximate surface area is 147 Å². The van der Waals surface area contributed by atoms with Crippen LogP contribution in [-0.4, -0.2) is 35.2 Å². The van der Waals surface area contributed by atoms with Crippen LogP contribution in [0.5, 0.6) is 11.5 Å². The molecule has 1 aliphatic rings. The van der Waals surface area contributed by atoms with Crippen molar-refractivity contribution in [1.29, 1.82) is 0 Å². The van der Waals surface area contributed by atoms with Crippen LogP contribution in [0.3, 0.4) is 0 Å². The smallest absolute Gasteiger partial charge is 0.269 e. The Balaban J connectivity index is 1.88. The van der Waals surface area contributed by atoms with Gasteiger partial charge in [0.15, 0.2) is 11.5 Å². The van der Waals surface area contributed by atoms with E-state index < -0.39 is 0 Å². The molecule has 6 nitrogen and oxygen atoms in total. The number of phenolic OH excluding ortho intramolecular Hbond substituents is 1. The van der Waals surface area contributed by atoms with Crippen molar-refractivity contribution in [1.82, 2.24) is 0 Å². The Morgan fingerprint density at radius 2 is 2.00 bits per heavy atom. The summed E-state index contributed by atoms with van der Waals surface area (Å²) in [6.07, 6.45) is 0.876. The summed E-state index contributed by atoms with van der Waals surface area (Å²) in [4.78, 5) is 10.4. The molecule has 0 amide bonds. The van der Waals surface area contributed by atoms with Gasteiger partial charge in [-0.05, 0) is 36.8 Å². The number of aromatic hydroxyl groups is 1. The minimum atomic E-state index is -0.376. The van der Waals surface area contributed by atoms with Crippen LogP contribution in [0.1, 0.15) is 29.7 Å². The number of nitro groups is 1. The Bertz CT molecular complexity index is 804. The number of ether oxygens (including phenoxy) is 1. The van der Waals surface area contributed by atoms with Crippen molar-refractivity contribution < 1.29 is 19.2 Å². The highest BCUT2D eigenvalue weighted by Gasteiger charge is 2.36. The molecule has 0 aliphatic carbocycles. The van der Waals surface area contributed by atoms with Crippen LogP contribution < -0.4 is 4.74 Å². The molecular weight excluding hydrogens is 320 g/mol. The van der Waals surface area contributed by atoms with Gasteiger partial charge in [0.2, 0.25) is 0 Å². The average molecular weight is 343 g/mol. The van der Waals surface area contributed by atoms with Crippen molar-refractivity contribution in [2.24, 2.45) is 0 Å². The molecule has 0 saturated carbocycles. The summed E-state index contributed by atoms with van der Waals surface area (Å²) in [5.74, 6) is 0.675. The highest BCUT2D eigenvalue weighted by Crippen LogP contribution is 2.41. The number of quaternary nitrogens is 1. The molecule has 0 saturated heterocycles. The van der Waals surface area contributed by atoms with Gasteiger partial charge in [-0.3, -0.25) is 10.1 Å². The van der Waals surface area contributed by atoms with E-state index in [1.165, 1.54) is 5.56 Å². The van der Waals surface area contributed by atoms with Gasteiger partial charge >= 0.3 is 0 Å². The molecule has 0 radical (unpaired) electrons. The Morgan fingerprint density at radius 1 is 1.32 bits per heavy atom. The normalized spacial score (nSPS) is 22.3. The average Bonchev–Trinajstić information content (AvgIpc) is 2.59. The zero-order valence-corrected chi connectivity index (χ0v) is 14.7. The summed E-state index contributed by atoms with van der Waals surface area (Å²) in [6.45, 7) is 3.92. The maximum absolute atomic E-state index is 10.8. The molecular formula is C19H23N2O4+. The molecule has 0 unspecified atom stereocenters. The highest BCUT2D eigenvalue weighted by molar-refractivity contribution is 5.48. The molecule has 0 fully saturated rings. The number of hydrogen-bond acceptors (Lipinski definition) is 4. The number of benzene rings is 2. The maximum Gasteiger partial charge on any atom is 0.269 e. The van der Waals surface area contributed by atoms with Crippen molar-refractivity contribution >= 4 is 5.69 Å². The number of likely N-dealkylation sites (N-methyl/N-ethyl adjacent to an activating group) is 1. The van der Waals surface area contributed by atoms with Crippen LogP contribution in [0.15, 0.2) is 36.4 Å². The Hall–Kier alpha value is -2.60. The van der Waals surface area contributed by atoms with Gasteiger partial charge in [-0.2, -0.15) is 0 Å². The molecule has 3 rings (SSSR count). The van der Waals surface area contributed by atoms with Crippen LogP contribution in [0, 0.1) is 10.1 Å². The lowest BCUT2D eigenvalue weighted by Crippen LogP contribution is -2.49. The lowest BCUT2D eigenvalue weighted by molar-refractivity contribution is -0.952. The topological polar surface area (TPSA) is 72.6 Å². The number of hydrogen-bond donors (Lipinski definition) is 1. The zero-order valence-electron chi connectivity index (χ0n) is 14.7. The molecule has 1 heterocycles. The fourth-order valence-electron chi connectivity index (χ4n) is 3.66. The van der Waals surface area contributed by atoms with Crippen LogP contribution >= 0.6 is 0 Å². The highest BCUT2D eigenvalue weighted by atomic mass is 16.6. The van der Waals surface area contributed by atoms with Crippen molar-refractivity contribution in [2.45, 2.75) is 25.9 Å². The molecule has 0 bridgehead atoms. The largest absolute Gasteiger partial charge is 0.504 e. The lowest BCUT2D eigenvalue weighted by Gasteiger charge is -2.44. The van der Waals surface area contributed by atoms with Gasteiger partial charge < -0.3 is 14.3 Å². The summed E-state index contributed by atoms with van der Waals surface area (Å²) in [6, 6.07) is 10.8. The molecule has 132 valence electrons.